The van der Waals surface area contributed by atoms with Crippen LogP contribution in [0, 0.1) is 0 Å². The Labute approximate surface area is 146 Å². The molecule has 0 saturated carbocycles. The Balaban J connectivity index is 4.15. The maximum atomic E-state index is 12.4. The lowest BCUT2D eigenvalue weighted by Crippen LogP contribution is -2.41. The number of hydrogen-bond acceptors (Lipinski definition) is 3. The highest BCUT2D eigenvalue weighted by Crippen LogP contribution is 2.18. The van der Waals surface area contributed by atoms with Crippen LogP contribution in [0.15, 0.2) is 0 Å². The zero-order chi connectivity index (χ0) is 17.9. The van der Waals surface area contributed by atoms with E-state index in [0.717, 1.165) is 12.8 Å². The Kier molecular flexibility index (Phi) is 11.4. The summed E-state index contributed by atoms with van der Waals surface area (Å²) in [5, 5.41) is 0. The highest BCUT2D eigenvalue weighted by molar-refractivity contribution is 6.71. The molecule has 0 spiro atoms. The summed E-state index contributed by atoms with van der Waals surface area (Å²) in [5.41, 5.74) is 0. The van der Waals surface area contributed by atoms with E-state index in [-0.39, 0.29) is 12.1 Å². The molecule has 0 aliphatic heterocycles. The fourth-order valence-corrected chi connectivity index (χ4v) is 4.29. The molecule has 0 aromatic rings. The second-order valence-corrected chi connectivity index (χ2v) is 17.4. The van der Waals surface area contributed by atoms with Crippen molar-refractivity contribution in [2.24, 2.45) is 0 Å². The Morgan fingerprint density at radius 1 is 0.783 bits per heavy atom. The third-order valence-corrected chi connectivity index (χ3v) is 5.29. The van der Waals surface area contributed by atoms with Crippen LogP contribution in [0.4, 0.5) is 0 Å². The van der Waals surface area contributed by atoms with Gasteiger partial charge in [-0.3, -0.25) is 4.79 Å². The molecule has 0 aliphatic rings. The molecule has 0 fully saturated rings. The van der Waals surface area contributed by atoms with Crippen LogP contribution in [0.25, 0.3) is 0 Å². The predicted molar refractivity (Wildman–Crippen MR) is 105 cm³/mol. The van der Waals surface area contributed by atoms with Gasteiger partial charge in [-0.2, -0.15) is 0 Å². The molecule has 1 unspecified atom stereocenters. The Morgan fingerprint density at radius 3 is 1.70 bits per heavy atom. The number of unbranched alkanes of at least 4 members (excludes halogenated alkanes) is 7. The van der Waals surface area contributed by atoms with E-state index in [4.69, 9.17) is 8.85 Å². The van der Waals surface area contributed by atoms with E-state index in [1.54, 1.807) is 0 Å². The minimum absolute atomic E-state index is 0.130. The van der Waals surface area contributed by atoms with Gasteiger partial charge in [-0.25, -0.2) is 0 Å². The van der Waals surface area contributed by atoms with Gasteiger partial charge in [0.25, 0.3) is 0 Å². The molecule has 0 aromatic carbocycles. The fraction of sp³-hybridized carbons (Fsp3) is 0.944. The Hall–Kier alpha value is -0.136. The first kappa shape index (κ1) is 22.9. The van der Waals surface area contributed by atoms with Crippen LogP contribution in [0.3, 0.4) is 0 Å². The molecule has 0 aromatic heterocycles. The normalized spacial score (nSPS) is 13.9. The second kappa shape index (κ2) is 11.4. The van der Waals surface area contributed by atoms with Crippen LogP contribution >= 0.6 is 0 Å². The molecule has 0 aliphatic carbocycles. The summed E-state index contributed by atoms with van der Waals surface area (Å²) in [7, 11) is -3.58. The van der Waals surface area contributed by atoms with Crippen LogP contribution in [0.1, 0.15) is 64.7 Å². The monoisotopic (exact) mass is 360 g/mol. The molecule has 1 atom stereocenters. The number of carbonyl (C=O) groups is 1. The third-order valence-electron chi connectivity index (χ3n) is 3.49. The van der Waals surface area contributed by atoms with E-state index in [1.807, 2.05) is 19.6 Å². The molecule has 0 amide bonds. The third kappa shape index (κ3) is 15.1. The van der Waals surface area contributed by atoms with Gasteiger partial charge in [0.2, 0.25) is 8.32 Å². The topological polar surface area (TPSA) is 35.5 Å². The van der Waals surface area contributed by atoms with Crippen molar-refractivity contribution in [1.29, 1.82) is 0 Å². The van der Waals surface area contributed by atoms with Crippen molar-refractivity contribution in [3.8, 4) is 0 Å². The van der Waals surface area contributed by atoms with E-state index < -0.39 is 16.6 Å². The van der Waals surface area contributed by atoms with Crippen molar-refractivity contribution < 1.29 is 13.6 Å². The van der Waals surface area contributed by atoms with Gasteiger partial charge < -0.3 is 8.85 Å². The highest BCUT2D eigenvalue weighted by Gasteiger charge is 2.30. The average Bonchev–Trinajstić information content (AvgIpc) is 2.37. The summed E-state index contributed by atoms with van der Waals surface area (Å²) in [4.78, 5) is 12.4. The highest BCUT2D eigenvalue weighted by atomic mass is 28.4. The van der Waals surface area contributed by atoms with Crippen molar-refractivity contribution in [2.45, 2.75) is 110 Å². The average molecular weight is 361 g/mol. The van der Waals surface area contributed by atoms with Crippen LogP contribution in [0.2, 0.25) is 39.3 Å². The van der Waals surface area contributed by atoms with Gasteiger partial charge in [0.05, 0.1) is 0 Å². The maximum Gasteiger partial charge on any atom is 0.320 e. The molecular weight excluding hydrogens is 320 g/mol. The minimum Gasteiger partial charge on any atom is -0.518 e. The number of hydrogen-bond donors (Lipinski definition) is 0. The van der Waals surface area contributed by atoms with Gasteiger partial charge in [-0.15, -0.1) is 0 Å². The summed E-state index contributed by atoms with van der Waals surface area (Å²) >= 11 is 0. The van der Waals surface area contributed by atoms with Gasteiger partial charge >= 0.3 is 5.97 Å². The first-order chi connectivity index (χ1) is 10.5. The first-order valence-electron chi connectivity index (χ1n) is 9.46. The van der Waals surface area contributed by atoms with Crippen LogP contribution in [-0.2, 0) is 13.6 Å². The predicted octanol–water partition coefficient (Wildman–Crippen LogP) is 6.12. The number of carbonyl (C=O) groups excluding carboxylic acids is 1. The molecule has 138 valence electrons. The lowest BCUT2D eigenvalue weighted by atomic mass is 10.1. The molecule has 5 heteroatoms. The Morgan fingerprint density at radius 2 is 1.26 bits per heavy atom. The quantitative estimate of drug-likeness (QED) is 0.293. The summed E-state index contributed by atoms with van der Waals surface area (Å²) in [6, 6.07) is 0. The standard InChI is InChI=1S/C18H40O3Si2/c1-8-9-10-11-12-13-14-15-16-17(20-22(2,3)4)18(19)21-23(5,6)7/h17H,8-16H2,1-7H3. The van der Waals surface area contributed by atoms with Gasteiger partial charge in [-0.05, 0) is 45.7 Å². The second-order valence-electron chi connectivity index (χ2n) is 8.52. The minimum atomic E-state index is -1.85. The van der Waals surface area contributed by atoms with E-state index >= 15 is 0 Å². The molecule has 23 heavy (non-hydrogen) atoms. The lowest BCUT2D eigenvalue weighted by Gasteiger charge is -2.28. The Bertz CT molecular complexity index is 319. The van der Waals surface area contributed by atoms with Crippen molar-refractivity contribution >= 4 is 22.6 Å². The van der Waals surface area contributed by atoms with Crippen LogP contribution in [-0.4, -0.2) is 28.7 Å². The van der Waals surface area contributed by atoms with Crippen molar-refractivity contribution in [1.82, 2.24) is 0 Å². The van der Waals surface area contributed by atoms with E-state index in [2.05, 4.69) is 26.6 Å². The molecular formula is C18H40O3Si2. The molecule has 0 N–H and O–H groups in total. The molecule has 0 rings (SSSR count). The molecule has 0 saturated heterocycles. The molecule has 3 nitrogen and oxygen atoms in total. The summed E-state index contributed by atoms with van der Waals surface area (Å²) in [5.74, 6) is -0.130. The van der Waals surface area contributed by atoms with Gasteiger partial charge in [0, 0.05) is 0 Å². The smallest absolute Gasteiger partial charge is 0.320 e. The number of rotatable bonds is 13. The molecule has 0 bridgehead atoms. The SMILES string of the molecule is CCCCCCCCCCC(O[Si](C)(C)C)C(=O)O[Si](C)(C)C. The zero-order valence-electron chi connectivity index (χ0n) is 16.7. The molecule has 0 radical (unpaired) electrons. The largest absolute Gasteiger partial charge is 0.518 e. The summed E-state index contributed by atoms with van der Waals surface area (Å²) in [6.45, 7) is 14.8. The molecule has 0 heterocycles. The fourth-order valence-electron chi connectivity index (χ4n) is 2.48. The van der Waals surface area contributed by atoms with Gasteiger partial charge in [0.1, 0.15) is 6.10 Å². The van der Waals surface area contributed by atoms with Crippen LogP contribution in [0.5, 0.6) is 0 Å². The van der Waals surface area contributed by atoms with Crippen LogP contribution < -0.4 is 0 Å². The van der Waals surface area contributed by atoms with Gasteiger partial charge in [-0.1, -0.05) is 58.3 Å². The summed E-state index contributed by atoms with van der Waals surface area (Å²) in [6.07, 6.45) is 10.7. The summed E-state index contributed by atoms with van der Waals surface area (Å²) < 4.78 is 11.8. The van der Waals surface area contributed by atoms with E-state index in [1.165, 1.54) is 44.9 Å². The zero-order valence-corrected chi connectivity index (χ0v) is 18.7. The van der Waals surface area contributed by atoms with Crippen molar-refractivity contribution in [3.63, 3.8) is 0 Å². The maximum absolute atomic E-state index is 12.4. The van der Waals surface area contributed by atoms with Crippen molar-refractivity contribution in [2.75, 3.05) is 0 Å². The van der Waals surface area contributed by atoms with E-state index in [0.29, 0.717) is 0 Å². The first-order valence-corrected chi connectivity index (χ1v) is 16.3. The van der Waals surface area contributed by atoms with Crippen molar-refractivity contribution in [3.05, 3.63) is 0 Å². The van der Waals surface area contributed by atoms with Gasteiger partial charge in [0.15, 0.2) is 8.32 Å². The van der Waals surface area contributed by atoms with E-state index in [9.17, 15) is 4.79 Å². The lowest BCUT2D eigenvalue weighted by molar-refractivity contribution is -0.143.